The van der Waals surface area contributed by atoms with E-state index in [0.717, 1.165) is 19.2 Å². The zero-order valence-electron chi connectivity index (χ0n) is 10.9. The molecule has 0 saturated heterocycles. The summed E-state index contributed by atoms with van der Waals surface area (Å²) in [6, 6.07) is 3.22. The number of rotatable bonds is 7. The molecule has 0 radical (unpaired) electrons. The lowest BCUT2D eigenvalue weighted by atomic mass is 10.1. The van der Waals surface area contributed by atoms with E-state index in [1.165, 1.54) is 12.1 Å². The van der Waals surface area contributed by atoms with E-state index in [1.807, 2.05) is 13.8 Å². The van der Waals surface area contributed by atoms with Gasteiger partial charge in [0.25, 0.3) is 0 Å². The van der Waals surface area contributed by atoms with Crippen molar-refractivity contribution in [3.63, 3.8) is 0 Å². The van der Waals surface area contributed by atoms with E-state index in [-0.39, 0.29) is 12.2 Å². The van der Waals surface area contributed by atoms with Crippen molar-refractivity contribution in [3.05, 3.63) is 35.4 Å². The fourth-order valence-electron chi connectivity index (χ4n) is 1.85. The van der Waals surface area contributed by atoms with E-state index in [2.05, 4.69) is 4.90 Å². The summed E-state index contributed by atoms with van der Waals surface area (Å²) in [5.74, 6) is -1.27. The Kier molecular flexibility index (Phi) is 5.92. The number of ketones is 1. The highest BCUT2D eigenvalue weighted by Crippen LogP contribution is 2.09. The first-order valence-corrected chi connectivity index (χ1v) is 6.24. The van der Waals surface area contributed by atoms with Crippen LogP contribution in [0.1, 0.15) is 25.8 Å². The molecule has 0 unspecified atom stereocenters. The highest BCUT2D eigenvalue weighted by molar-refractivity contribution is 5.81. The van der Waals surface area contributed by atoms with Gasteiger partial charge in [0.2, 0.25) is 0 Å². The number of hydrogen-bond donors (Lipinski definition) is 0. The molecule has 0 bridgehead atoms. The van der Waals surface area contributed by atoms with Gasteiger partial charge in [0.1, 0.15) is 17.4 Å². The third kappa shape index (κ3) is 4.92. The molecule has 0 aliphatic rings. The molecule has 1 aromatic carbocycles. The SMILES string of the molecule is CCN(CC)CCC(=O)Cc1cc(F)cc(F)c1. The largest absolute Gasteiger partial charge is 0.303 e. The Bertz CT molecular complexity index is 383. The summed E-state index contributed by atoms with van der Waals surface area (Å²) in [6.45, 7) is 6.58. The van der Waals surface area contributed by atoms with Crippen LogP contribution in [0, 0.1) is 11.6 Å². The van der Waals surface area contributed by atoms with Gasteiger partial charge in [-0.2, -0.15) is 0 Å². The molecular weight excluding hydrogens is 236 g/mol. The van der Waals surface area contributed by atoms with Crippen molar-refractivity contribution < 1.29 is 13.6 Å². The third-order valence-electron chi connectivity index (χ3n) is 2.92. The summed E-state index contributed by atoms with van der Waals surface area (Å²) in [6.07, 6.45) is 0.510. The second-order valence-electron chi connectivity index (χ2n) is 4.27. The van der Waals surface area contributed by atoms with Gasteiger partial charge in [0, 0.05) is 25.5 Å². The second-order valence-corrected chi connectivity index (χ2v) is 4.27. The Morgan fingerprint density at radius 1 is 1.11 bits per heavy atom. The van der Waals surface area contributed by atoms with Gasteiger partial charge in [-0.3, -0.25) is 4.79 Å². The van der Waals surface area contributed by atoms with Gasteiger partial charge in [-0.15, -0.1) is 0 Å². The molecule has 0 saturated carbocycles. The van der Waals surface area contributed by atoms with E-state index < -0.39 is 11.6 Å². The predicted octanol–water partition coefficient (Wildman–Crippen LogP) is 2.81. The minimum Gasteiger partial charge on any atom is -0.303 e. The zero-order valence-corrected chi connectivity index (χ0v) is 10.9. The number of benzene rings is 1. The minimum atomic E-state index is -0.637. The number of carbonyl (C=O) groups excluding carboxylic acids is 1. The van der Waals surface area contributed by atoms with Crippen LogP contribution in [0.3, 0.4) is 0 Å². The summed E-state index contributed by atoms with van der Waals surface area (Å²) in [4.78, 5) is 13.8. The van der Waals surface area contributed by atoms with Gasteiger partial charge in [-0.25, -0.2) is 8.78 Å². The lowest BCUT2D eigenvalue weighted by molar-refractivity contribution is -0.118. The maximum atomic E-state index is 12.9. The van der Waals surface area contributed by atoms with Gasteiger partial charge in [0.15, 0.2) is 0 Å². The molecule has 18 heavy (non-hydrogen) atoms. The van der Waals surface area contributed by atoms with E-state index in [0.29, 0.717) is 18.5 Å². The number of nitrogens with zero attached hydrogens (tertiary/aromatic N) is 1. The van der Waals surface area contributed by atoms with Crippen LogP contribution in [-0.2, 0) is 11.2 Å². The van der Waals surface area contributed by atoms with Crippen LogP contribution in [-0.4, -0.2) is 30.3 Å². The first-order chi connectivity index (χ1) is 8.55. The molecule has 0 heterocycles. The van der Waals surface area contributed by atoms with Gasteiger partial charge in [-0.05, 0) is 30.8 Å². The van der Waals surface area contributed by atoms with Crippen molar-refractivity contribution >= 4 is 5.78 Å². The molecule has 0 aliphatic heterocycles. The van der Waals surface area contributed by atoms with E-state index in [1.54, 1.807) is 0 Å². The predicted molar refractivity (Wildman–Crippen MR) is 67.5 cm³/mol. The van der Waals surface area contributed by atoms with Crippen LogP contribution in [0.4, 0.5) is 8.78 Å². The average Bonchev–Trinajstić information content (AvgIpc) is 2.28. The highest BCUT2D eigenvalue weighted by atomic mass is 19.1. The monoisotopic (exact) mass is 255 g/mol. The third-order valence-corrected chi connectivity index (χ3v) is 2.92. The maximum absolute atomic E-state index is 12.9. The molecule has 0 N–H and O–H groups in total. The highest BCUT2D eigenvalue weighted by Gasteiger charge is 2.08. The van der Waals surface area contributed by atoms with Gasteiger partial charge in [-0.1, -0.05) is 13.8 Å². The van der Waals surface area contributed by atoms with Crippen LogP contribution in [0.25, 0.3) is 0 Å². The van der Waals surface area contributed by atoms with Crippen molar-refractivity contribution in [3.8, 4) is 0 Å². The number of halogens is 2. The Morgan fingerprint density at radius 2 is 1.67 bits per heavy atom. The van der Waals surface area contributed by atoms with Crippen LogP contribution in [0.5, 0.6) is 0 Å². The molecule has 2 nitrogen and oxygen atoms in total. The first kappa shape index (κ1) is 14.8. The van der Waals surface area contributed by atoms with Gasteiger partial charge in [0.05, 0.1) is 0 Å². The van der Waals surface area contributed by atoms with Gasteiger partial charge < -0.3 is 4.90 Å². The van der Waals surface area contributed by atoms with Crippen molar-refractivity contribution in [1.82, 2.24) is 4.90 Å². The molecule has 0 atom stereocenters. The quantitative estimate of drug-likeness (QED) is 0.746. The number of carbonyl (C=O) groups is 1. The normalized spacial score (nSPS) is 10.9. The zero-order chi connectivity index (χ0) is 13.5. The molecule has 0 aromatic heterocycles. The minimum absolute atomic E-state index is 0.00639. The van der Waals surface area contributed by atoms with E-state index in [9.17, 15) is 13.6 Å². The molecule has 100 valence electrons. The molecular formula is C14H19F2NO. The fraction of sp³-hybridized carbons (Fsp3) is 0.500. The molecule has 0 amide bonds. The van der Waals surface area contributed by atoms with Crippen molar-refractivity contribution in [2.75, 3.05) is 19.6 Å². The Balaban J connectivity index is 2.49. The Morgan fingerprint density at radius 3 is 2.17 bits per heavy atom. The summed E-state index contributed by atoms with van der Waals surface area (Å²) in [5, 5.41) is 0. The lowest BCUT2D eigenvalue weighted by Crippen LogP contribution is -2.26. The van der Waals surface area contributed by atoms with Crippen molar-refractivity contribution in [2.45, 2.75) is 26.7 Å². The van der Waals surface area contributed by atoms with E-state index in [4.69, 9.17) is 0 Å². The Labute approximate surface area is 107 Å². The molecule has 1 rings (SSSR count). The maximum Gasteiger partial charge on any atom is 0.138 e. The molecule has 0 aliphatic carbocycles. The van der Waals surface area contributed by atoms with Crippen LogP contribution in [0.15, 0.2) is 18.2 Å². The average molecular weight is 255 g/mol. The molecule has 1 aromatic rings. The second kappa shape index (κ2) is 7.21. The molecule has 0 spiro atoms. The summed E-state index contributed by atoms with van der Waals surface area (Å²) < 4.78 is 25.9. The summed E-state index contributed by atoms with van der Waals surface area (Å²) >= 11 is 0. The standard InChI is InChI=1S/C14H19F2NO/c1-3-17(4-2)6-5-14(18)9-11-7-12(15)10-13(16)8-11/h7-8,10H,3-6,9H2,1-2H3. The van der Waals surface area contributed by atoms with Crippen LogP contribution >= 0.6 is 0 Å². The van der Waals surface area contributed by atoms with Crippen LogP contribution < -0.4 is 0 Å². The number of hydrogen-bond acceptors (Lipinski definition) is 2. The molecule has 0 fully saturated rings. The van der Waals surface area contributed by atoms with Crippen molar-refractivity contribution in [2.24, 2.45) is 0 Å². The number of Topliss-reactive ketones (excluding diaryl/α,β-unsaturated/α-hetero) is 1. The van der Waals surface area contributed by atoms with Crippen LogP contribution in [0.2, 0.25) is 0 Å². The topological polar surface area (TPSA) is 20.3 Å². The van der Waals surface area contributed by atoms with Gasteiger partial charge >= 0.3 is 0 Å². The van der Waals surface area contributed by atoms with E-state index >= 15 is 0 Å². The fourth-order valence-corrected chi connectivity index (χ4v) is 1.85. The summed E-state index contributed by atoms with van der Waals surface area (Å²) in [7, 11) is 0. The summed E-state index contributed by atoms with van der Waals surface area (Å²) in [5.41, 5.74) is 0.400. The Hall–Kier alpha value is -1.29. The first-order valence-electron chi connectivity index (χ1n) is 6.24. The lowest BCUT2D eigenvalue weighted by Gasteiger charge is -2.17. The molecule has 4 heteroatoms. The smallest absolute Gasteiger partial charge is 0.138 e. The van der Waals surface area contributed by atoms with Crippen molar-refractivity contribution in [1.29, 1.82) is 0 Å².